The van der Waals surface area contributed by atoms with Crippen LogP contribution in [0.3, 0.4) is 0 Å². The fourth-order valence-electron chi connectivity index (χ4n) is 2.50. The summed E-state index contributed by atoms with van der Waals surface area (Å²) >= 11 is 5.45. The predicted octanol–water partition coefficient (Wildman–Crippen LogP) is 3.54. The number of rotatable bonds is 3. The van der Waals surface area contributed by atoms with Crippen LogP contribution in [-0.4, -0.2) is 13.6 Å². The van der Waals surface area contributed by atoms with Gasteiger partial charge in [-0.3, -0.25) is 0 Å². The summed E-state index contributed by atoms with van der Waals surface area (Å²) in [6, 6.07) is 4.47. The number of hydrogen-bond donors (Lipinski definition) is 1. The second kappa shape index (κ2) is 4.33. The monoisotopic (exact) mass is 273 g/mol. The Morgan fingerprint density at radius 2 is 2.14 bits per heavy atom. The lowest BCUT2D eigenvalue weighted by Crippen LogP contribution is -2.33. The summed E-state index contributed by atoms with van der Waals surface area (Å²) in [5, 5.41) is 3.35. The molecule has 1 heterocycles. The lowest BCUT2D eigenvalue weighted by molar-refractivity contribution is 0.429. The SMILES string of the molecule is CNCC1(c2ccc(Br)s2)CCCC1. The summed E-state index contributed by atoms with van der Waals surface area (Å²) in [5.74, 6) is 0. The number of nitrogens with one attached hydrogen (secondary N) is 1. The molecule has 0 unspecified atom stereocenters. The minimum absolute atomic E-state index is 0.436. The van der Waals surface area contributed by atoms with E-state index in [9.17, 15) is 0 Å². The molecule has 0 spiro atoms. The van der Waals surface area contributed by atoms with E-state index in [0.29, 0.717) is 5.41 Å². The zero-order valence-corrected chi connectivity index (χ0v) is 10.9. The molecule has 1 fully saturated rings. The van der Waals surface area contributed by atoms with Crippen molar-refractivity contribution < 1.29 is 0 Å². The van der Waals surface area contributed by atoms with Gasteiger partial charge in [-0.15, -0.1) is 11.3 Å². The summed E-state index contributed by atoms with van der Waals surface area (Å²) in [7, 11) is 2.06. The largest absolute Gasteiger partial charge is 0.319 e. The van der Waals surface area contributed by atoms with Crippen LogP contribution >= 0.6 is 27.3 Å². The average Bonchev–Trinajstić information content (AvgIpc) is 2.75. The molecular formula is C11H16BrNS. The number of halogens is 1. The average molecular weight is 274 g/mol. The van der Waals surface area contributed by atoms with E-state index in [4.69, 9.17) is 0 Å². The van der Waals surface area contributed by atoms with Crippen LogP contribution in [0.4, 0.5) is 0 Å². The topological polar surface area (TPSA) is 12.0 Å². The lowest BCUT2D eigenvalue weighted by Gasteiger charge is -2.27. The minimum Gasteiger partial charge on any atom is -0.319 e. The van der Waals surface area contributed by atoms with Gasteiger partial charge in [-0.25, -0.2) is 0 Å². The molecule has 0 saturated heterocycles. The molecule has 0 radical (unpaired) electrons. The van der Waals surface area contributed by atoms with Gasteiger partial charge in [-0.2, -0.15) is 0 Å². The van der Waals surface area contributed by atoms with Crippen LogP contribution in [0, 0.1) is 0 Å². The highest BCUT2D eigenvalue weighted by atomic mass is 79.9. The highest BCUT2D eigenvalue weighted by Gasteiger charge is 2.35. The molecule has 0 aromatic carbocycles. The van der Waals surface area contributed by atoms with E-state index in [1.54, 1.807) is 4.88 Å². The molecule has 0 bridgehead atoms. The van der Waals surface area contributed by atoms with E-state index in [-0.39, 0.29) is 0 Å². The Hall–Kier alpha value is 0.140. The second-order valence-corrected chi connectivity index (χ2v) is 6.58. The van der Waals surface area contributed by atoms with Gasteiger partial charge in [-0.05, 0) is 48.0 Å². The van der Waals surface area contributed by atoms with E-state index in [2.05, 4.69) is 40.4 Å². The summed E-state index contributed by atoms with van der Waals surface area (Å²) in [6.07, 6.45) is 5.47. The zero-order chi connectivity index (χ0) is 10.0. The van der Waals surface area contributed by atoms with E-state index >= 15 is 0 Å². The Morgan fingerprint density at radius 1 is 1.43 bits per heavy atom. The van der Waals surface area contributed by atoms with Gasteiger partial charge in [0.05, 0.1) is 3.79 Å². The first-order valence-electron chi connectivity index (χ1n) is 5.17. The molecular weight excluding hydrogens is 258 g/mol. The van der Waals surface area contributed by atoms with Crippen molar-refractivity contribution >= 4 is 27.3 Å². The maximum Gasteiger partial charge on any atom is 0.0701 e. The van der Waals surface area contributed by atoms with Crippen LogP contribution in [0.5, 0.6) is 0 Å². The van der Waals surface area contributed by atoms with Gasteiger partial charge in [0.1, 0.15) is 0 Å². The highest BCUT2D eigenvalue weighted by Crippen LogP contribution is 2.44. The molecule has 1 aliphatic rings. The third-order valence-corrected chi connectivity index (χ3v) is 5.04. The summed E-state index contributed by atoms with van der Waals surface area (Å²) < 4.78 is 1.26. The van der Waals surface area contributed by atoms with Gasteiger partial charge in [0.25, 0.3) is 0 Å². The van der Waals surface area contributed by atoms with Crippen molar-refractivity contribution in [3.8, 4) is 0 Å². The molecule has 0 atom stereocenters. The molecule has 1 nitrogen and oxygen atoms in total. The third-order valence-electron chi connectivity index (χ3n) is 3.17. The zero-order valence-electron chi connectivity index (χ0n) is 8.48. The van der Waals surface area contributed by atoms with Crippen molar-refractivity contribution in [2.24, 2.45) is 0 Å². The Labute approximate surface area is 98.0 Å². The van der Waals surface area contributed by atoms with E-state index < -0.39 is 0 Å². The molecule has 3 heteroatoms. The van der Waals surface area contributed by atoms with E-state index in [0.717, 1.165) is 6.54 Å². The van der Waals surface area contributed by atoms with Crippen LogP contribution in [0.25, 0.3) is 0 Å². The Kier molecular flexibility index (Phi) is 3.30. The number of thiophene rings is 1. The van der Waals surface area contributed by atoms with Crippen LogP contribution < -0.4 is 5.32 Å². The molecule has 1 aromatic rings. The standard InChI is InChI=1S/C11H16BrNS/c1-13-8-11(6-2-3-7-11)9-4-5-10(12)14-9/h4-5,13H,2-3,6-8H2,1H3. The molecule has 78 valence electrons. The Morgan fingerprint density at radius 3 is 2.64 bits per heavy atom. The predicted molar refractivity (Wildman–Crippen MR) is 66.1 cm³/mol. The molecule has 2 rings (SSSR count). The second-order valence-electron chi connectivity index (χ2n) is 4.12. The van der Waals surface area contributed by atoms with Crippen molar-refractivity contribution in [1.82, 2.24) is 5.32 Å². The molecule has 0 aliphatic heterocycles. The van der Waals surface area contributed by atoms with Gasteiger partial charge in [-0.1, -0.05) is 12.8 Å². The van der Waals surface area contributed by atoms with Gasteiger partial charge in [0.2, 0.25) is 0 Å². The molecule has 14 heavy (non-hydrogen) atoms. The van der Waals surface area contributed by atoms with Crippen molar-refractivity contribution in [3.05, 3.63) is 20.8 Å². The first kappa shape index (κ1) is 10.7. The molecule has 0 amide bonds. The van der Waals surface area contributed by atoms with Gasteiger partial charge in [0.15, 0.2) is 0 Å². The fraction of sp³-hybridized carbons (Fsp3) is 0.636. The van der Waals surface area contributed by atoms with Gasteiger partial charge in [0, 0.05) is 16.8 Å². The first-order chi connectivity index (χ1) is 6.77. The normalized spacial score (nSPS) is 20.1. The third kappa shape index (κ3) is 1.90. The summed E-state index contributed by atoms with van der Waals surface area (Å²) in [4.78, 5) is 1.55. The smallest absolute Gasteiger partial charge is 0.0701 e. The van der Waals surface area contributed by atoms with E-state index in [1.807, 2.05) is 11.3 Å². The molecule has 1 aromatic heterocycles. The first-order valence-corrected chi connectivity index (χ1v) is 6.78. The van der Waals surface area contributed by atoms with Crippen molar-refractivity contribution in [3.63, 3.8) is 0 Å². The molecule has 1 saturated carbocycles. The maximum absolute atomic E-state index is 3.55. The lowest BCUT2D eigenvalue weighted by atomic mass is 9.84. The van der Waals surface area contributed by atoms with Crippen molar-refractivity contribution in [1.29, 1.82) is 0 Å². The van der Waals surface area contributed by atoms with Crippen LogP contribution in [0.2, 0.25) is 0 Å². The quantitative estimate of drug-likeness (QED) is 0.889. The van der Waals surface area contributed by atoms with Crippen LogP contribution in [-0.2, 0) is 5.41 Å². The summed E-state index contributed by atoms with van der Waals surface area (Å²) in [6.45, 7) is 1.12. The van der Waals surface area contributed by atoms with Crippen molar-refractivity contribution in [2.45, 2.75) is 31.1 Å². The minimum atomic E-state index is 0.436. The van der Waals surface area contributed by atoms with Crippen LogP contribution in [0.15, 0.2) is 15.9 Å². The van der Waals surface area contributed by atoms with Gasteiger partial charge < -0.3 is 5.32 Å². The maximum atomic E-state index is 3.55. The number of likely N-dealkylation sites (N-methyl/N-ethyl adjacent to an activating group) is 1. The van der Waals surface area contributed by atoms with E-state index in [1.165, 1.54) is 29.5 Å². The molecule has 1 aliphatic carbocycles. The highest BCUT2D eigenvalue weighted by molar-refractivity contribution is 9.11. The number of hydrogen-bond acceptors (Lipinski definition) is 2. The van der Waals surface area contributed by atoms with Gasteiger partial charge >= 0.3 is 0 Å². The van der Waals surface area contributed by atoms with Crippen LogP contribution in [0.1, 0.15) is 30.6 Å². The fourth-order valence-corrected chi connectivity index (χ4v) is 4.13. The van der Waals surface area contributed by atoms with Crippen molar-refractivity contribution in [2.75, 3.05) is 13.6 Å². The molecule has 1 N–H and O–H groups in total. The Bertz CT molecular complexity index is 302. The summed E-state index contributed by atoms with van der Waals surface area (Å²) in [5.41, 5.74) is 0.436. The Balaban J connectivity index is 2.26.